The number of alkyl halides is 1. The first kappa shape index (κ1) is 21.3. The molecule has 1 unspecified atom stereocenters. The van der Waals surface area contributed by atoms with E-state index in [1.165, 1.54) is 5.31 Å². The number of pyridine rings is 1. The first-order valence-corrected chi connectivity index (χ1v) is 12.4. The molecule has 1 aromatic heterocycles. The molecule has 1 spiro atoms. The molecule has 8 nitrogen and oxygen atoms in total. The molecule has 0 radical (unpaired) electrons. The fourth-order valence-electron chi connectivity index (χ4n) is 6.31. The van der Waals surface area contributed by atoms with Gasteiger partial charge in [0.2, 0.25) is 12.2 Å². The molecule has 3 fully saturated rings. The van der Waals surface area contributed by atoms with Crippen LogP contribution in [-0.4, -0.2) is 96.8 Å². The minimum atomic E-state index is -1.03. The van der Waals surface area contributed by atoms with Crippen LogP contribution in [0.4, 0.5) is 8.78 Å². The van der Waals surface area contributed by atoms with E-state index >= 15 is 4.39 Å². The predicted octanol–water partition coefficient (Wildman–Crippen LogP) is 0.565. The molecule has 0 aromatic carbocycles. The van der Waals surface area contributed by atoms with Crippen molar-refractivity contribution in [1.29, 1.82) is 0 Å². The van der Waals surface area contributed by atoms with Crippen LogP contribution in [0.5, 0.6) is 5.88 Å². The summed E-state index contributed by atoms with van der Waals surface area (Å²) in [6.07, 6.45) is 4.47. The molecule has 34 heavy (non-hydrogen) atoms. The molecule has 10 heteroatoms. The SMILES string of the molecule is [2H]N1C2=c3c(ncc(F)c3=NC1OC[C@@]13CCCN1C[C@H](F)C3)OCC1(CCC1)N2CCN(C)C. The van der Waals surface area contributed by atoms with Crippen molar-refractivity contribution in [3.8, 4) is 5.88 Å². The molecule has 3 atom stereocenters. The Balaban J connectivity index is 1.39. The van der Waals surface area contributed by atoms with E-state index in [2.05, 4.69) is 24.7 Å². The van der Waals surface area contributed by atoms with Gasteiger partial charge in [0.25, 0.3) is 0 Å². The Hall–Kier alpha value is -2.04. The van der Waals surface area contributed by atoms with E-state index < -0.39 is 18.3 Å². The van der Waals surface area contributed by atoms with E-state index in [1.807, 2.05) is 14.1 Å². The van der Waals surface area contributed by atoms with Gasteiger partial charge in [0.15, 0.2) is 7.23 Å². The smallest absolute Gasteiger partial charge is 0.227 e. The van der Waals surface area contributed by atoms with Gasteiger partial charge < -0.3 is 24.6 Å². The summed E-state index contributed by atoms with van der Waals surface area (Å²) in [6, 6.07) is 0. The Kier molecular flexibility index (Phi) is 5.17. The zero-order valence-electron chi connectivity index (χ0n) is 21.0. The normalized spacial score (nSPS) is 32.1. The molecule has 0 bridgehead atoms. The van der Waals surface area contributed by atoms with Crippen molar-refractivity contribution in [2.45, 2.75) is 62.1 Å². The summed E-state index contributed by atoms with van der Waals surface area (Å²) in [5.74, 6) is 0.289. The fraction of sp³-hybridized carbons (Fsp3) is 0.750. The van der Waals surface area contributed by atoms with Crippen LogP contribution in [-0.2, 0) is 4.74 Å². The Bertz CT molecular complexity index is 1120. The monoisotopic (exact) mass is 477 g/mol. The lowest BCUT2D eigenvalue weighted by atomic mass is 9.75. The number of rotatable bonds is 6. The van der Waals surface area contributed by atoms with Crippen LogP contribution in [0.3, 0.4) is 0 Å². The van der Waals surface area contributed by atoms with E-state index in [0.717, 1.165) is 51.4 Å². The molecular formula is C24H34F2N6O2. The van der Waals surface area contributed by atoms with Crippen LogP contribution < -0.4 is 20.6 Å². The molecule has 4 aliphatic heterocycles. The molecule has 5 aliphatic rings. The summed E-state index contributed by atoms with van der Waals surface area (Å²) in [5.41, 5.74) is -0.635. The van der Waals surface area contributed by atoms with Crippen LogP contribution in [0.25, 0.3) is 5.82 Å². The van der Waals surface area contributed by atoms with Gasteiger partial charge in [0.1, 0.15) is 29.2 Å². The summed E-state index contributed by atoms with van der Waals surface area (Å²) in [5, 5.41) is 1.81. The minimum absolute atomic E-state index is 0.125. The van der Waals surface area contributed by atoms with E-state index in [1.54, 1.807) is 0 Å². The Morgan fingerprint density at radius 1 is 1.35 bits per heavy atom. The average Bonchev–Trinajstić information content (AvgIpc) is 3.25. The number of nitrogens with one attached hydrogen (secondary N) is 1. The summed E-state index contributed by atoms with van der Waals surface area (Å²) in [7, 11) is 4.03. The third-order valence-corrected chi connectivity index (χ3v) is 8.29. The average molecular weight is 478 g/mol. The highest BCUT2D eigenvalue weighted by Gasteiger charge is 2.50. The highest BCUT2D eigenvalue weighted by atomic mass is 19.1. The number of nitrogens with zero attached hydrogens (tertiary/aromatic N) is 5. The molecule has 1 aliphatic carbocycles. The number of fused-ring (bicyclic) bond motifs is 1. The molecule has 186 valence electrons. The predicted molar refractivity (Wildman–Crippen MR) is 122 cm³/mol. The molecule has 2 saturated heterocycles. The second-order valence-corrected chi connectivity index (χ2v) is 10.8. The molecular weight excluding hydrogens is 442 g/mol. The van der Waals surface area contributed by atoms with Crippen LogP contribution in [0.15, 0.2) is 11.2 Å². The van der Waals surface area contributed by atoms with Gasteiger partial charge >= 0.3 is 0 Å². The summed E-state index contributed by atoms with van der Waals surface area (Å²) in [4.78, 5) is 15.2. The molecule has 5 heterocycles. The Labute approximate surface area is 200 Å². The Morgan fingerprint density at radius 3 is 2.97 bits per heavy atom. The highest BCUT2D eigenvalue weighted by molar-refractivity contribution is 5.48. The third-order valence-electron chi connectivity index (χ3n) is 8.29. The van der Waals surface area contributed by atoms with E-state index in [9.17, 15) is 4.39 Å². The maximum atomic E-state index is 15.1. The van der Waals surface area contributed by atoms with Crippen LogP contribution in [0, 0.1) is 5.82 Å². The topological polar surface area (TPSA) is 65.5 Å². The standard InChI is InChI=1S/C24H34F2N6O2/c1-30(2)9-10-32-20-18-19(17(26)12-27-21(18)33-14-23(32)5-3-6-23)28-22(29-20)34-15-24-7-4-8-31(24)13-16(25)11-24/h12,16,22,29H,3-11,13-15H2,1-2H3/t16-,22?,24+/m1/s1/i/hD. The maximum absolute atomic E-state index is 15.1. The second-order valence-electron chi connectivity index (χ2n) is 10.8. The second kappa shape index (κ2) is 8.27. The number of hydrogen-bond donors (Lipinski definition) is 1. The van der Waals surface area contributed by atoms with Gasteiger partial charge in [0.05, 0.1) is 18.3 Å². The fourth-order valence-corrected chi connectivity index (χ4v) is 6.31. The summed E-state index contributed by atoms with van der Waals surface area (Å²) in [6.45, 7) is 3.41. The third kappa shape index (κ3) is 3.56. The zero-order chi connectivity index (χ0) is 24.4. The van der Waals surface area contributed by atoms with E-state index in [-0.39, 0.29) is 23.0 Å². The summed E-state index contributed by atoms with van der Waals surface area (Å²) < 4.78 is 50.9. The lowest BCUT2D eigenvalue weighted by Gasteiger charge is -2.51. The minimum Gasteiger partial charge on any atom is -0.475 e. The molecule has 1 N–H and O–H groups in total. The molecule has 0 amide bonds. The van der Waals surface area contributed by atoms with Gasteiger partial charge in [0, 0.05) is 31.6 Å². The molecule has 1 saturated carbocycles. The van der Waals surface area contributed by atoms with Gasteiger partial charge in [-0.3, -0.25) is 4.90 Å². The van der Waals surface area contributed by atoms with Gasteiger partial charge in [-0.2, -0.15) is 0 Å². The first-order valence-electron chi connectivity index (χ1n) is 12.9. The quantitative estimate of drug-likeness (QED) is 0.643. The lowest BCUT2D eigenvalue weighted by molar-refractivity contribution is -0.0283. The van der Waals surface area contributed by atoms with Crippen LogP contribution in [0.1, 0.15) is 38.5 Å². The molecule has 6 rings (SSSR count). The van der Waals surface area contributed by atoms with Crippen molar-refractivity contribution in [2.75, 3.05) is 53.5 Å². The first-order chi connectivity index (χ1) is 16.8. The van der Waals surface area contributed by atoms with Gasteiger partial charge in [-0.15, -0.1) is 0 Å². The molecule has 1 aromatic rings. The van der Waals surface area contributed by atoms with Crippen molar-refractivity contribution < 1.29 is 19.7 Å². The van der Waals surface area contributed by atoms with Crippen molar-refractivity contribution in [1.82, 2.24) is 25.0 Å². The number of aromatic nitrogens is 1. The number of ether oxygens (including phenoxy) is 2. The van der Waals surface area contributed by atoms with Crippen molar-refractivity contribution in [2.24, 2.45) is 4.99 Å². The lowest BCUT2D eigenvalue weighted by Crippen LogP contribution is -2.61. The van der Waals surface area contributed by atoms with Crippen molar-refractivity contribution >= 4 is 5.82 Å². The number of likely N-dealkylation sites (N-methyl/N-ethyl adjacent to an activating group) is 1. The van der Waals surface area contributed by atoms with Crippen molar-refractivity contribution in [3.05, 3.63) is 22.6 Å². The zero-order valence-corrected chi connectivity index (χ0v) is 20.0. The number of halogens is 2. The van der Waals surface area contributed by atoms with Gasteiger partial charge in [-0.1, -0.05) is 0 Å². The van der Waals surface area contributed by atoms with Gasteiger partial charge in [-0.05, 0) is 52.7 Å². The highest BCUT2D eigenvalue weighted by Crippen LogP contribution is 2.42. The summed E-state index contributed by atoms with van der Waals surface area (Å²) >= 11 is 0. The maximum Gasteiger partial charge on any atom is 0.227 e. The van der Waals surface area contributed by atoms with E-state index in [4.69, 9.17) is 10.9 Å². The van der Waals surface area contributed by atoms with E-state index in [0.29, 0.717) is 43.0 Å². The van der Waals surface area contributed by atoms with Crippen LogP contribution in [0.2, 0.25) is 1.41 Å². The largest absolute Gasteiger partial charge is 0.475 e. The van der Waals surface area contributed by atoms with Gasteiger partial charge in [-0.25, -0.2) is 18.8 Å². The van der Waals surface area contributed by atoms with Crippen molar-refractivity contribution in [3.63, 3.8) is 0 Å². The number of hydrogen-bond acceptors (Lipinski definition) is 8. The van der Waals surface area contributed by atoms with Crippen LogP contribution >= 0.6 is 0 Å². The Morgan fingerprint density at radius 2 is 2.21 bits per heavy atom.